The second-order valence-corrected chi connectivity index (χ2v) is 4.37. The number of hydrogen-bond donors (Lipinski definition) is 1. The average Bonchev–Trinajstić information content (AvgIpc) is 2.65. The lowest BCUT2D eigenvalue weighted by Gasteiger charge is -2.06. The van der Waals surface area contributed by atoms with E-state index in [2.05, 4.69) is 9.46 Å². The van der Waals surface area contributed by atoms with Crippen LogP contribution in [0.25, 0.3) is 0 Å². The summed E-state index contributed by atoms with van der Waals surface area (Å²) in [6.45, 7) is 0. The third kappa shape index (κ3) is 2.66. The lowest BCUT2D eigenvalue weighted by molar-refractivity contribution is -0.387. The number of nitrogens with zero attached hydrogens (tertiary/aromatic N) is 1. The van der Waals surface area contributed by atoms with Gasteiger partial charge < -0.3 is 4.74 Å². The number of hydrogen-bond acceptors (Lipinski definition) is 7. The van der Waals surface area contributed by atoms with E-state index in [1.807, 2.05) is 0 Å². The fraction of sp³-hybridized carbons (Fsp3) is 0.200. The number of esters is 2. The van der Waals surface area contributed by atoms with Crippen LogP contribution in [0.15, 0.2) is 29.2 Å². The Balaban J connectivity index is 2.04. The number of nitro groups is 1. The van der Waals surface area contributed by atoms with Gasteiger partial charge in [-0.3, -0.25) is 14.9 Å². The number of rotatable bonds is 4. The molecule has 8 heteroatoms. The maximum atomic E-state index is 11.2. The predicted octanol–water partition coefficient (Wildman–Crippen LogP) is 1.03. The van der Waals surface area contributed by atoms with Crippen LogP contribution in [-0.4, -0.2) is 22.9 Å². The highest BCUT2D eigenvalue weighted by Crippen LogP contribution is 2.27. The van der Waals surface area contributed by atoms with Crippen LogP contribution >= 0.6 is 11.9 Å². The molecule has 7 nitrogen and oxygen atoms in total. The zero-order valence-electron chi connectivity index (χ0n) is 8.99. The van der Waals surface area contributed by atoms with E-state index in [0.717, 1.165) is 11.9 Å². The molecule has 1 fully saturated rings. The van der Waals surface area contributed by atoms with Gasteiger partial charge in [0.2, 0.25) is 0 Å². The maximum Gasteiger partial charge on any atom is 0.332 e. The molecule has 1 N–H and O–H groups in total. The van der Waals surface area contributed by atoms with Gasteiger partial charge in [-0.1, -0.05) is 12.1 Å². The highest BCUT2D eigenvalue weighted by atomic mass is 32.2. The quantitative estimate of drug-likeness (QED) is 0.286. The van der Waals surface area contributed by atoms with Crippen LogP contribution in [0.4, 0.5) is 5.69 Å². The predicted molar refractivity (Wildman–Crippen MR) is 61.6 cm³/mol. The van der Waals surface area contributed by atoms with Crippen LogP contribution in [0.2, 0.25) is 0 Å². The second kappa shape index (κ2) is 5.15. The summed E-state index contributed by atoms with van der Waals surface area (Å²) < 4.78 is 7.04. The van der Waals surface area contributed by atoms with Crippen LogP contribution in [0.1, 0.15) is 6.42 Å². The SMILES string of the molecule is O=C1C[C@H](NSc2ccccc2[N+](=O)[O-])C(=O)O1. The number of benzene rings is 1. The molecule has 0 saturated carbocycles. The van der Waals surface area contributed by atoms with Gasteiger partial charge in [-0.05, 0) is 18.0 Å². The van der Waals surface area contributed by atoms with E-state index in [-0.39, 0.29) is 12.1 Å². The van der Waals surface area contributed by atoms with Gasteiger partial charge in [0, 0.05) is 6.07 Å². The minimum Gasteiger partial charge on any atom is -0.392 e. The highest BCUT2D eigenvalue weighted by molar-refractivity contribution is 7.97. The Hall–Kier alpha value is -1.93. The summed E-state index contributed by atoms with van der Waals surface area (Å²) in [6, 6.07) is 5.35. The number of ether oxygens (including phenoxy) is 1. The Labute approximate surface area is 106 Å². The molecule has 2 rings (SSSR count). The number of nitrogens with one attached hydrogen (secondary N) is 1. The van der Waals surface area contributed by atoms with E-state index in [9.17, 15) is 19.7 Å². The first-order valence-electron chi connectivity index (χ1n) is 4.98. The molecule has 1 heterocycles. The summed E-state index contributed by atoms with van der Waals surface area (Å²) in [7, 11) is 0. The Morgan fingerprint density at radius 1 is 1.39 bits per heavy atom. The standard InChI is InChI=1S/C10H8N2O5S/c13-9-5-6(10(14)17-9)11-18-8-4-2-1-3-7(8)12(15)16/h1-4,6,11H,5H2/t6-/m0/s1. The van der Waals surface area contributed by atoms with Crippen molar-refractivity contribution in [3.63, 3.8) is 0 Å². The van der Waals surface area contributed by atoms with E-state index in [1.165, 1.54) is 6.07 Å². The molecule has 1 aromatic carbocycles. The molecular formula is C10H8N2O5S. The fourth-order valence-electron chi connectivity index (χ4n) is 1.39. The van der Waals surface area contributed by atoms with Crippen molar-refractivity contribution >= 4 is 29.6 Å². The number of carbonyl (C=O) groups excluding carboxylic acids is 2. The third-order valence-corrected chi connectivity index (χ3v) is 3.21. The number of cyclic esters (lactones) is 2. The Morgan fingerprint density at radius 3 is 2.72 bits per heavy atom. The second-order valence-electron chi connectivity index (χ2n) is 3.49. The zero-order valence-corrected chi connectivity index (χ0v) is 9.81. The van der Waals surface area contributed by atoms with E-state index in [4.69, 9.17) is 0 Å². The minimum absolute atomic E-state index is 0.0623. The average molecular weight is 268 g/mol. The van der Waals surface area contributed by atoms with Crippen molar-refractivity contribution in [1.82, 2.24) is 4.72 Å². The Morgan fingerprint density at radius 2 is 2.11 bits per heavy atom. The van der Waals surface area contributed by atoms with Gasteiger partial charge in [-0.15, -0.1) is 0 Å². The van der Waals surface area contributed by atoms with Crippen LogP contribution in [0.5, 0.6) is 0 Å². The summed E-state index contributed by atoms with van der Waals surface area (Å²) in [6.07, 6.45) is -0.0630. The van der Waals surface area contributed by atoms with Gasteiger partial charge in [0.15, 0.2) is 0 Å². The van der Waals surface area contributed by atoms with Crippen molar-refractivity contribution in [2.75, 3.05) is 0 Å². The van der Waals surface area contributed by atoms with Gasteiger partial charge in [0.25, 0.3) is 5.69 Å². The molecule has 1 atom stereocenters. The Bertz CT molecular complexity index is 519. The Kier molecular flexibility index (Phi) is 3.58. The first kappa shape index (κ1) is 12.5. The largest absolute Gasteiger partial charge is 0.392 e. The van der Waals surface area contributed by atoms with Gasteiger partial charge in [0.1, 0.15) is 10.9 Å². The first-order valence-corrected chi connectivity index (χ1v) is 5.80. The van der Waals surface area contributed by atoms with Crippen LogP contribution in [0.3, 0.4) is 0 Å². The van der Waals surface area contributed by atoms with Crippen molar-refractivity contribution in [2.45, 2.75) is 17.4 Å². The normalized spacial score (nSPS) is 18.8. The molecule has 0 amide bonds. The smallest absolute Gasteiger partial charge is 0.332 e. The van der Waals surface area contributed by atoms with E-state index < -0.39 is 22.9 Å². The van der Waals surface area contributed by atoms with Crippen molar-refractivity contribution in [1.29, 1.82) is 0 Å². The summed E-state index contributed by atoms with van der Waals surface area (Å²) in [5, 5.41) is 10.8. The fourth-order valence-corrected chi connectivity index (χ4v) is 2.24. The van der Waals surface area contributed by atoms with E-state index in [1.54, 1.807) is 18.2 Å². The molecule has 0 aromatic heterocycles. The zero-order chi connectivity index (χ0) is 13.1. The molecule has 0 aliphatic carbocycles. The lowest BCUT2D eigenvalue weighted by Crippen LogP contribution is -2.27. The van der Waals surface area contributed by atoms with Crippen LogP contribution in [-0.2, 0) is 14.3 Å². The van der Waals surface area contributed by atoms with E-state index >= 15 is 0 Å². The van der Waals surface area contributed by atoms with Crippen molar-refractivity contribution < 1.29 is 19.2 Å². The highest BCUT2D eigenvalue weighted by Gasteiger charge is 2.33. The monoisotopic (exact) mass is 268 g/mol. The van der Waals surface area contributed by atoms with Crippen LogP contribution in [0, 0.1) is 10.1 Å². The molecule has 0 bridgehead atoms. The summed E-state index contributed by atoms with van der Waals surface area (Å²) >= 11 is 0.934. The number of para-hydroxylation sites is 1. The van der Waals surface area contributed by atoms with Gasteiger partial charge >= 0.3 is 11.9 Å². The van der Waals surface area contributed by atoms with Crippen molar-refractivity contribution in [3.8, 4) is 0 Å². The van der Waals surface area contributed by atoms with Gasteiger partial charge in [0.05, 0.1) is 11.3 Å². The van der Waals surface area contributed by atoms with Gasteiger partial charge in [-0.2, -0.15) is 0 Å². The van der Waals surface area contributed by atoms with E-state index in [0.29, 0.717) is 4.90 Å². The summed E-state index contributed by atoms with van der Waals surface area (Å²) in [5.41, 5.74) is -0.0623. The van der Waals surface area contributed by atoms with Crippen molar-refractivity contribution in [2.24, 2.45) is 0 Å². The molecule has 0 radical (unpaired) electrons. The third-order valence-electron chi connectivity index (χ3n) is 2.24. The van der Waals surface area contributed by atoms with Crippen LogP contribution < -0.4 is 4.72 Å². The minimum atomic E-state index is -0.762. The molecule has 18 heavy (non-hydrogen) atoms. The molecule has 0 unspecified atom stereocenters. The maximum absolute atomic E-state index is 11.2. The molecule has 1 aliphatic heterocycles. The molecule has 1 saturated heterocycles. The first-order chi connectivity index (χ1) is 8.58. The molecule has 1 aromatic rings. The van der Waals surface area contributed by atoms with Gasteiger partial charge in [-0.25, -0.2) is 9.52 Å². The molecular weight excluding hydrogens is 260 g/mol. The number of carbonyl (C=O) groups is 2. The summed E-state index contributed by atoms with van der Waals surface area (Å²) in [5.74, 6) is -1.26. The topological polar surface area (TPSA) is 98.5 Å². The lowest BCUT2D eigenvalue weighted by atomic mass is 10.3. The van der Waals surface area contributed by atoms with Crippen molar-refractivity contribution in [3.05, 3.63) is 34.4 Å². The molecule has 0 spiro atoms. The number of nitro benzene ring substituents is 1. The molecule has 1 aliphatic rings. The molecule has 94 valence electrons. The summed E-state index contributed by atoms with van der Waals surface area (Å²) in [4.78, 5) is 32.6.